The molecule has 3 atom stereocenters. The molecule has 0 spiro atoms. The van der Waals surface area contributed by atoms with E-state index in [1.54, 1.807) is 25.1 Å². The van der Waals surface area contributed by atoms with Crippen LogP contribution in [-0.2, 0) is 11.2 Å². The highest BCUT2D eigenvalue weighted by atomic mass is 16.5. The number of carbonyl (C=O) groups is 1. The van der Waals surface area contributed by atoms with Gasteiger partial charge in [-0.3, -0.25) is 0 Å². The molecule has 3 N–H and O–H groups in total. The molecule has 0 bridgehead atoms. The third-order valence-corrected chi connectivity index (χ3v) is 3.08. The summed E-state index contributed by atoms with van der Waals surface area (Å²) in [4.78, 5) is 10.9. The number of carboxylic acid groups (broad SMARTS) is 1. The average molecular weight is 264 g/mol. The summed E-state index contributed by atoms with van der Waals surface area (Å²) in [6.45, 7) is 1.68. The maximum Gasteiger partial charge on any atom is 0.335 e. The number of aliphatic hydroxyl groups excluding tert-OH is 2. The molecule has 0 saturated heterocycles. The van der Waals surface area contributed by atoms with Crippen LogP contribution in [0, 0.1) is 0 Å². The lowest BCUT2D eigenvalue weighted by Crippen LogP contribution is -2.40. The topological polar surface area (TPSA) is 87.0 Å². The average Bonchev–Trinajstić information content (AvgIpc) is 2.36. The minimum absolute atomic E-state index is 0.211. The minimum atomic E-state index is -0.982. The summed E-state index contributed by atoms with van der Waals surface area (Å²) < 4.78 is 5.48. The van der Waals surface area contributed by atoms with E-state index >= 15 is 0 Å². The largest absolute Gasteiger partial charge is 0.492 e. The van der Waals surface area contributed by atoms with Crippen LogP contribution in [0.5, 0.6) is 0 Å². The van der Waals surface area contributed by atoms with Gasteiger partial charge in [0.15, 0.2) is 0 Å². The maximum atomic E-state index is 10.9. The second kappa shape index (κ2) is 5.42. The molecule has 19 heavy (non-hydrogen) atoms. The van der Waals surface area contributed by atoms with Crippen molar-refractivity contribution in [2.75, 3.05) is 0 Å². The van der Waals surface area contributed by atoms with E-state index < -0.39 is 24.3 Å². The van der Waals surface area contributed by atoms with Crippen LogP contribution in [0.15, 0.2) is 36.1 Å². The molecular weight excluding hydrogens is 248 g/mol. The first-order chi connectivity index (χ1) is 8.97. The Morgan fingerprint density at radius 2 is 2.11 bits per heavy atom. The smallest absolute Gasteiger partial charge is 0.335 e. The lowest BCUT2D eigenvalue weighted by Gasteiger charge is -2.29. The van der Waals surface area contributed by atoms with Gasteiger partial charge in [0.1, 0.15) is 18.3 Å². The zero-order chi connectivity index (χ0) is 14.0. The van der Waals surface area contributed by atoms with Crippen molar-refractivity contribution in [3.63, 3.8) is 0 Å². The van der Waals surface area contributed by atoms with Gasteiger partial charge >= 0.3 is 5.97 Å². The highest BCUT2D eigenvalue weighted by molar-refractivity contribution is 5.87. The molecule has 0 unspecified atom stereocenters. The molecule has 0 fully saturated rings. The Morgan fingerprint density at radius 1 is 1.37 bits per heavy atom. The van der Waals surface area contributed by atoms with Crippen molar-refractivity contribution in [3.8, 4) is 0 Å². The van der Waals surface area contributed by atoms with Crippen LogP contribution in [0.2, 0.25) is 0 Å². The fourth-order valence-corrected chi connectivity index (χ4v) is 2.03. The Labute approximate surface area is 110 Å². The zero-order valence-corrected chi connectivity index (χ0v) is 10.5. The van der Waals surface area contributed by atoms with Gasteiger partial charge in [-0.25, -0.2) is 4.79 Å². The Kier molecular flexibility index (Phi) is 3.87. The van der Waals surface area contributed by atoms with Gasteiger partial charge in [-0.05, 0) is 30.7 Å². The first kappa shape index (κ1) is 13.6. The van der Waals surface area contributed by atoms with Crippen LogP contribution in [0.25, 0.3) is 0 Å². The number of aromatic carboxylic acids is 1. The van der Waals surface area contributed by atoms with Gasteiger partial charge in [0.2, 0.25) is 0 Å². The van der Waals surface area contributed by atoms with Crippen LogP contribution in [-0.4, -0.2) is 39.6 Å². The summed E-state index contributed by atoms with van der Waals surface area (Å²) in [5.74, 6) is -0.447. The molecule has 102 valence electrons. The SMILES string of the molecule is C[C@@H]1OC(Cc2cccc(C(=O)O)c2)=C[C@H](O)[C@H]1O. The summed E-state index contributed by atoms with van der Waals surface area (Å²) in [6, 6.07) is 6.54. The molecular formula is C14H16O5. The van der Waals surface area contributed by atoms with E-state index in [1.807, 2.05) is 0 Å². The van der Waals surface area contributed by atoms with Crippen molar-refractivity contribution in [2.24, 2.45) is 0 Å². The van der Waals surface area contributed by atoms with E-state index in [-0.39, 0.29) is 5.56 Å². The van der Waals surface area contributed by atoms with Crippen LogP contribution in [0.3, 0.4) is 0 Å². The van der Waals surface area contributed by atoms with Gasteiger partial charge in [0.05, 0.1) is 11.3 Å². The second-order valence-corrected chi connectivity index (χ2v) is 4.62. The van der Waals surface area contributed by atoms with Crippen LogP contribution < -0.4 is 0 Å². The Balaban J connectivity index is 2.15. The van der Waals surface area contributed by atoms with Crippen molar-refractivity contribution in [1.29, 1.82) is 0 Å². The van der Waals surface area contributed by atoms with Gasteiger partial charge in [-0.2, -0.15) is 0 Å². The van der Waals surface area contributed by atoms with Gasteiger partial charge in [-0.1, -0.05) is 12.1 Å². The molecule has 1 aromatic rings. The third-order valence-electron chi connectivity index (χ3n) is 3.08. The summed E-state index contributed by atoms with van der Waals surface area (Å²) in [7, 11) is 0. The second-order valence-electron chi connectivity index (χ2n) is 4.62. The lowest BCUT2D eigenvalue weighted by molar-refractivity contribution is -0.0659. The highest BCUT2D eigenvalue weighted by Gasteiger charge is 2.28. The molecule has 0 amide bonds. The number of aliphatic hydroxyl groups is 2. The standard InChI is InChI=1S/C14H16O5/c1-8-13(16)12(15)7-11(19-8)6-9-3-2-4-10(5-9)14(17)18/h2-5,7-8,12-13,15-16H,6H2,1H3,(H,17,18)/t8-,12-,13-/m0/s1. The van der Waals surface area contributed by atoms with Crippen molar-refractivity contribution >= 4 is 5.97 Å². The molecule has 0 aliphatic carbocycles. The van der Waals surface area contributed by atoms with Crippen LogP contribution in [0.1, 0.15) is 22.8 Å². The van der Waals surface area contributed by atoms with E-state index in [2.05, 4.69) is 0 Å². The quantitative estimate of drug-likeness (QED) is 0.756. The molecule has 5 nitrogen and oxygen atoms in total. The first-order valence-corrected chi connectivity index (χ1v) is 6.03. The van der Waals surface area contributed by atoms with Gasteiger partial charge in [0, 0.05) is 6.42 Å². The molecule has 1 aromatic carbocycles. The number of ether oxygens (including phenoxy) is 1. The van der Waals surface area contributed by atoms with Gasteiger partial charge in [-0.15, -0.1) is 0 Å². The normalized spacial score (nSPS) is 26.5. The van der Waals surface area contributed by atoms with Crippen molar-refractivity contribution in [3.05, 3.63) is 47.2 Å². The number of allylic oxidation sites excluding steroid dienone is 1. The molecule has 2 rings (SSSR count). The third kappa shape index (κ3) is 3.13. The summed E-state index contributed by atoms with van der Waals surface area (Å²) in [5, 5.41) is 28.1. The van der Waals surface area contributed by atoms with Gasteiger partial charge < -0.3 is 20.1 Å². The number of rotatable bonds is 3. The summed E-state index contributed by atoms with van der Waals surface area (Å²) in [5.41, 5.74) is 0.990. The summed E-state index contributed by atoms with van der Waals surface area (Å²) >= 11 is 0. The molecule has 1 aliphatic rings. The van der Waals surface area contributed by atoms with E-state index in [0.29, 0.717) is 12.2 Å². The van der Waals surface area contributed by atoms with E-state index in [0.717, 1.165) is 5.56 Å². The molecule has 0 aromatic heterocycles. The maximum absolute atomic E-state index is 10.9. The van der Waals surface area contributed by atoms with E-state index in [9.17, 15) is 15.0 Å². The number of hydrogen-bond donors (Lipinski definition) is 3. The highest BCUT2D eigenvalue weighted by Crippen LogP contribution is 2.21. The monoisotopic (exact) mass is 264 g/mol. The van der Waals surface area contributed by atoms with E-state index in [1.165, 1.54) is 12.1 Å². The number of benzene rings is 1. The fraction of sp³-hybridized carbons (Fsp3) is 0.357. The predicted molar refractivity (Wildman–Crippen MR) is 67.7 cm³/mol. The van der Waals surface area contributed by atoms with Crippen LogP contribution in [0.4, 0.5) is 0 Å². The minimum Gasteiger partial charge on any atom is -0.492 e. The van der Waals surface area contributed by atoms with Crippen LogP contribution >= 0.6 is 0 Å². The molecule has 1 aliphatic heterocycles. The molecule has 0 saturated carbocycles. The number of hydrogen-bond acceptors (Lipinski definition) is 4. The van der Waals surface area contributed by atoms with Crippen molar-refractivity contribution < 1.29 is 24.9 Å². The molecule has 1 heterocycles. The zero-order valence-electron chi connectivity index (χ0n) is 10.5. The first-order valence-electron chi connectivity index (χ1n) is 6.03. The molecule has 0 radical (unpaired) electrons. The van der Waals surface area contributed by atoms with Crippen molar-refractivity contribution in [2.45, 2.75) is 31.7 Å². The predicted octanol–water partition coefficient (Wildman–Crippen LogP) is 0.952. The van der Waals surface area contributed by atoms with Gasteiger partial charge in [0.25, 0.3) is 0 Å². The number of carboxylic acids is 1. The summed E-state index contributed by atoms with van der Waals surface area (Å²) in [6.07, 6.45) is -0.541. The fourth-order valence-electron chi connectivity index (χ4n) is 2.03. The lowest BCUT2D eigenvalue weighted by atomic mass is 10.0. The Hall–Kier alpha value is -1.85. The van der Waals surface area contributed by atoms with E-state index in [4.69, 9.17) is 9.84 Å². The molecule has 5 heteroatoms. The van der Waals surface area contributed by atoms with Crippen molar-refractivity contribution in [1.82, 2.24) is 0 Å². The Morgan fingerprint density at radius 3 is 2.74 bits per heavy atom. The Bertz CT molecular complexity index is 508.